The Hall–Kier alpha value is -2.72. The van der Waals surface area contributed by atoms with Gasteiger partial charge in [-0.15, -0.1) is 10.2 Å². The number of alkyl halides is 3. The Morgan fingerprint density at radius 2 is 1.80 bits per heavy atom. The summed E-state index contributed by atoms with van der Waals surface area (Å²) in [5.74, 6) is 1.55. The van der Waals surface area contributed by atoms with Crippen molar-refractivity contribution in [1.29, 1.82) is 0 Å². The summed E-state index contributed by atoms with van der Waals surface area (Å²) in [5.41, 5.74) is 1.96. The van der Waals surface area contributed by atoms with E-state index in [2.05, 4.69) is 34.5 Å². The fourth-order valence-corrected chi connectivity index (χ4v) is 5.74. The van der Waals surface area contributed by atoms with E-state index in [4.69, 9.17) is 11.6 Å². The molecule has 3 aromatic rings. The van der Waals surface area contributed by atoms with Gasteiger partial charge < -0.3 is 4.90 Å². The van der Waals surface area contributed by atoms with Gasteiger partial charge in [0, 0.05) is 49.0 Å². The first-order valence-electron chi connectivity index (χ1n) is 11.9. The van der Waals surface area contributed by atoms with E-state index in [1.807, 2.05) is 18.2 Å². The number of nitrogens with zero attached hydrogens (tertiary/aromatic N) is 7. The Labute approximate surface area is 205 Å². The molecule has 0 amide bonds. The van der Waals surface area contributed by atoms with Gasteiger partial charge in [0.2, 0.25) is 0 Å². The summed E-state index contributed by atoms with van der Waals surface area (Å²) >= 11 is 6.33. The lowest BCUT2D eigenvalue weighted by atomic mass is 9.78. The van der Waals surface area contributed by atoms with Crippen LogP contribution >= 0.6 is 11.6 Å². The molecule has 1 saturated carbocycles. The Bertz CT molecular complexity index is 1200. The predicted molar refractivity (Wildman–Crippen MR) is 124 cm³/mol. The highest BCUT2D eigenvalue weighted by molar-refractivity contribution is 6.30. The first kappa shape index (κ1) is 22.7. The van der Waals surface area contributed by atoms with Crippen molar-refractivity contribution in [1.82, 2.24) is 29.6 Å². The fourth-order valence-electron chi connectivity index (χ4n) is 5.55. The summed E-state index contributed by atoms with van der Waals surface area (Å²) in [4.78, 5) is 12.9. The number of aromatic nitrogens is 5. The third-order valence-corrected chi connectivity index (χ3v) is 7.82. The summed E-state index contributed by atoms with van der Waals surface area (Å²) in [6.45, 7) is 2.68. The van der Waals surface area contributed by atoms with E-state index in [0.29, 0.717) is 18.1 Å². The molecular formula is C24H25ClF3N7. The molecule has 6 rings (SSSR count). The first-order chi connectivity index (χ1) is 16.9. The standard InChI is InChI=1S/C24H25ClF3N7/c25-18-1-2-20-16(9-18)13-34(19-10-17(11-19)24(26,27)28)14-22-31-32-23(35(20)22)15-3-7-33(8-4-15)21-12-29-5-6-30-21/h1-2,5-6,9,12,15,17,19H,3-4,7-8,10-11,13-14H2. The maximum Gasteiger partial charge on any atom is 0.391 e. The van der Waals surface area contributed by atoms with Gasteiger partial charge in [-0.25, -0.2) is 4.98 Å². The van der Waals surface area contributed by atoms with Crippen LogP contribution in [0.2, 0.25) is 5.02 Å². The molecule has 0 N–H and O–H groups in total. The second-order valence-electron chi connectivity index (χ2n) is 9.68. The van der Waals surface area contributed by atoms with Crippen LogP contribution in [0.5, 0.6) is 0 Å². The Kier molecular flexibility index (Phi) is 5.68. The highest BCUT2D eigenvalue weighted by atomic mass is 35.5. The summed E-state index contributed by atoms with van der Waals surface area (Å²) < 4.78 is 41.5. The molecular weight excluding hydrogens is 479 g/mol. The number of hydrogen-bond donors (Lipinski definition) is 0. The van der Waals surface area contributed by atoms with E-state index in [-0.39, 0.29) is 24.8 Å². The average molecular weight is 504 g/mol. The van der Waals surface area contributed by atoms with Crippen molar-refractivity contribution in [2.45, 2.75) is 56.9 Å². The minimum atomic E-state index is -4.13. The minimum absolute atomic E-state index is 0.126. The largest absolute Gasteiger partial charge is 0.391 e. The lowest BCUT2D eigenvalue weighted by Gasteiger charge is -2.43. The van der Waals surface area contributed by atoms with Crippen molar-refractivity contribution >= 4 is 17.4 Å². The number of benzene rings is 1. The predicted octanol–water partition coefficient (Wildman–Crippen LogP) is 4.75. The maximum atomic E-state index is 13.1. The zero-order chi connectivity index (χ0) is 24.2. The van der Waals surface area contributed by atoms with Gasteiger partial charge in [-0.05, 0) is 49.4 Å². The number of rotatable bonds is 3. The first-order valence-corrected chi connectivity index (χ1v) is 12.3. The summed E-state index contributed by atoms with van der Waals surface area (Å²) in [5, 5.41) is 9.74. The fraction of sp³-hybridized carbons (Fsp3) is 0.500. The molecule has 2 fully saturated rings. The van der Waals surface area contributed by atoms with Crippen molar-refractivity contribution in [3.63, 3.8) is 0 Å². The van der Waals surface area contributed by atoms with Crippen LogP contribution in [-0.4, -0.2) is 54.9 Å². The molecule has 0 bridgehead atoms. The van der Waals surface area contributed by atoms with Crippen LogP contribution in [0.25, 0.3) is 5.69 Å². The zero-order valence-electron chi connectivity index (χ0n) is 19.0. The quantitative estimate of drug-likeness (QED) is 0.514. The molecule has 2 aliphatic heterocycles. The van der Waals surface area contributed by atoms with Gasteiger partial charge in [0.25, 0.3) is 0 Å². The molecule has 3 aliphatic rings. The molecule has 2 aromatic heterocycles. The van der Waals surface area contributed by atoms with Gasteiger partial charge >= 0.3 is 6.18 Å². The molecule has 0 radical (unpaired) electrons. The van der Waals surface area contributed by atoms with Crippen molar-refractivity contribution in [2.75, 3.05) is 18.0 Å². The zero-order valence-corrected chi connectivity index (χ0v) is 19.8. The number of hydrogen-bond acceptors (Lipinski definition) is 6. The van der Waals surface area contributed by atoms with Gasteiger partial charge in [0.1, 0.15) is 11.6 Å². The van der Waals surface area contributed by atoms with Gasteiger partial charge in [0.05, 0.1) is 24.3 Å². The normalized spacial score (nSPS) is 23.4. The number of anilines is 1. The van der Waals surface area contributed by atoms with Gasteiger partial charge in [-0.3, -0.25) is 14.5 Å². The van der Waals surface area contributed by atoms with Crippen LogP contribution in [0.15, 0.2) is 36.8 Å². The molecule has 1 aliphatic carbocycles. The molecule has 7 nitrogen and oxygen atoms in total. The molecule has 35 heavy (non-hydrogen) atoms. The van der Waals surface area contributed by atoms with Gasteiger partial charge in [0.15, 0.2) is 5.82 Å². The van der Waals surface area contributed by atoms with Crippen molar-refractivity contribution in [2.24, 2.45) is 5.92 Å². The third-order valence-electron chi connectivity index (χ3n) is 7.58. The second kappa shape index (κ2) is 8.74. The molecule has 0 unspecified atom stereocenters. The van der Waals surface area contributed by atoms with Crippen LogP contribution in [0.3, 0.4) is 0 Å². The molecule has 1 aromatic carbocycles. The van der Waals surface area contributed by atoms with E-state index in [1.54, 1.807) is 18.6 Å². The van der Waals surface area contributed by atoms with Gasteiger partial charge in [-0.2, -0.15) is 13.2 Å². The topological polar surface area (TPSA) is 63.0 Å². The van der Waals surface area contributed by atoms with E-state index in [9.17, 15) is 13.2 Å². The summed E-state index contributed by atoms with van der Waals surface area (Å²) in [7, 11) is 0. The molecule has 11 heteroatoms. The van der Waals surface area contributed by atoms with Crippen LogP contribution < -0.4 is 4.90 Å². The minimum Gasteiger partial charge on any atom is -0.355 e. The van der Waals surface area contributed by atoms with Crippen LogP contribution in [0.1, 0.15) is 48.8 Å². The van der Waals surface area contributed by atoms with Crippen LogP contribution in [0.4, 0.5) is 19.0 Å². The molecule has 4 heterocycles. The summed E-state index contributed by atoms with van der Waals surface area (Å²) in [6.07, 6.45) is 3.07. The van der Waals surface area contributed by atoms with Crippen LogP contribution in [0, 0.1) is 5.92 Å². The molecule has 0 spiro atoms. The molecule has 1 saturated heterocycles. The molecule has 0 atom stereocenters. The smallest absolute Gasteiger partial charge is 0.355 e. The Morgan fingerprint density at radius 1 is 1.00 bits per heavy atom. The highest BCUT2D eigenvalue weighted by Crippen LogP contribution is 2.45. The number of fused-ring (bicyclic) bond motifs is 3. The van der Waals surface area contributed by atoms with Crippen molar-refractivity contribution < 1.29 is 13.2 Å². The summed E-state index contributed by atoms with van der Waals surface area (Å²) in [6, 6.07) is 5.61. The van der Waals surface area contributed by atoms with E-state index in [0.717, 1.165) is 54.6 Å². The monoisotopic (exact) mass is 503 g/mol. The lowest BCUT2D eigenvalue weighted by molar-refractivity contribution is -0.207. The number of piperidine rings is 1. The molecule has 184 valence electrons. The second-order valence-corrected chi connectivity index (χ2v) is 10.1. The SMILES string of the molecule is FC(F)(F)C1CC(N2Cc3cc(Cl)ccc3-n3c(nnc3C3CCN(c4cnccn4)CC3)C2)C1. The number of halogens is 4. The van der Waals surface area contributed by atoms with Crippen LogP contribution in [-0.2, 0) is 13.1 Å². The maximum absolute atomic E-state index is 13.1. The lowest BCUT2D eigenvalue weighted by Crippen LogP contribution is -2.48. The van der Waals surface area contributed by atoms with E-state index < -0.39 is 12.1 Å². The Morgan fingerprint density at radius 3 is 2.51 bits per heavy atom. The van der Waals surface area contributed by atoms with Gasteiger partial charge in [-0.1, -0.05) is 11.6 Å². The van der Waals surface area contributed by atoms with E-state index >= 15 is 0 Å². The van der Waals surface area contributed by atoms with E-state index in [1.165, 1.54) is 0 Å². The third kappa shape index (κ3) is 4.27. The average Bonchev–Trinajstić information content (AvgIpc) is 3.14. The van der Waals surface area contributed by atoms with Crippen molar-refractivity contribution in [3.8, 4) is 5.69 Å². The van der Waals surface area contributed by atoms with Crippen molar-refractivity contribution in [3.05, 3.63) is 59.0 Å². The highest BCUT2D eigenvalue weighted by Gasteiger charge is 2.49. The Balaban J connectivity index is 1.27.